The minimum Gasteiger partial charge on any atom is -0.381 e. The molecule has 1 saturated heterocycles. The summed E-state index contributed by atoms with van der Waals surface area (Å²) < 4.78 is 5.35. The number of Topliss-reactive ketones (excluding diaryl/α,β-unsaturated/α-hetero) is 1. The number of nitrogens with zero attached hydrogens (tertiary/aromatic N) is 1. The van der Waals surface area contributed by atoms with E-state index in [1.807, 2.05) is 26.1 Å². The summed E-state index contributed by atoms with van der Waals surface area (Å²) in [4.78, 5) is 16.3. The molecule has 18 heavy (non-hydrogen) atoms. The molecule has 2 rings (SSSR count). The molecule has 0 N–H and O–H groups in total. The quantitative estimate of drug-likeness (QED) is 0.768. The molecule has 0 aliphatic carbocycles. The van der Waals surface area contributed by atoms with Gasteiger partial charge in [-0.3, -0.25) is 9.69 Å². The number of rotatable bonds is 5. The maximum atomic E-state index is 12.1. The molecule has 0 saturated carbocycles. The molecule has 1 aromatic rings. The number of carbonyl (C=O) groups is 1. The molecular weight excluding hydrogens is 246 g/mol. The average molecular weight is 267 g/mol. The SMILES string of the molecule is Cc1ccc(C(=O)CN(C)CC2CCOCC2)s1. The van der Waals surface area contributed by atoms with Crippen LogP contribution in [0.25, 0.3) is 0 Å². The van der Waals surface area contributed by atoms with Crippen LogP contribution in [0.4, 0.5) is 0 Å². The van der Waals surface area contributed by atoms with Gasteiger partial charge in [0, 0.05) is 24.6 Å². The highest BCUT2D eigenvalue weighted by Gasteiger charge is 2.18. The molecule has 1 fully saturated rings. The maximum absolute atomic E-state index is 12.1. The molecule has 0 amide bonds. The first kappa shape index (κ1) is 13.7. The van der Waals surface area contributed by atoms with Crippen LogP contribution in [0.1, 0.15) is 27.4 Å². The molecule has 4 heteroatoms. The number of ether oxygens (including phenoxy) is 1. The lowest BCUT2D eigenvalue weighted by Crippen LogP contribution is -2.33. The number of hydrogen-bond donors (Lipinski definition) is 0. The lowest BCUT2D eigenvalue weighted by atomic mass is 10.00. The number of likely N-dealkylation sites (N-methyl/N-ethyl adjacent to an activating group) is 1. The van der Waals surface area contributed by atoms with E-state index >= 15 is 0 Å². The summed E-state index contributed by atoms with van der Waals surface area (Å²) >= 11 is 1.59. The Labute approximate surface area is 113 Å². The molecule has 0 bridgehead atoms. The number of hydrogen-bond acceptors (Lipinski definition) is 4. The minimum atomic E-state index is 0.239. The molecule has 1 aliphatic heterocycles. The van der Waals surface area contributed by atoms with E-state index in [9.17, 15) is 4.79 Å². The van der Waals surface area contributed by atoms with Gasteiger partial charge in [-0.2, -0.15) is 0 Å². The van der Waals surface area contributed by atoms with Crippen LogP contribution in [0.5, 0.6) is 0 Å². The number of thiophene rings is 1. The summed E-state index contributed by atoms with van der Waals surface area (Å²) in [7, 11) is 2.04. The van der Waals surface area contributed by atoms with Crippen LogP contribution in [0.3, 0.4) is 0 Å². The topological polar surface area (TPSA) is 29.5 Å². The Morgan fingerprint density at radius 1 is 1.44 bits per heavy atom. The number of carbonyl (C=O) groups excluding carboxylic acids is 1. The van der Waals surface area contributed by atoms with Crippen molar-refractivity contribution in [2.75, 3.05) is 33.4 Å². The van der Waals surface area contributed by atoms with Crippen molar-refractivity contribution < 1.29 is 9.53 Å². The van der Waals surface area contributed by atoms with Crippen LogP contribution in [-0.4, -0.2) is 44.0 Å². The molecule has 3 nitrogen and oxygen atoms in total. The summed E-state index contributed by atoms with van der Waals surface area (Å²) in [6.07, 6.45) is 2.24. The zero-order valence-corrected chi connectivity index (χ0v) is 12.0. The van der Waals surface area contributed by atoms with Crippen LogP contribution in [-0.2, 0) is 4.74 Å². The first-order valence-corrected chi connectivity index (χ1v) is 7.32. The van der Waals surface area contributed by atoms with E-state index in [0.717, 1.165) is 37.5 Å². The molecule has 2 heterocycles. The van der Waals surface area contributed by atoms with Gasteiger partial charge in [-0.1, -0.05) is 0 Å². The Hall–Kier alpha value is -0.710. The fraction of sp³-hybridized carbons (Fsp3) is 0.643. The molecule has 100 valence electrons. The minimum absolute atomic E-state index is 0.239. The van der Waals surface area contributed by atoms with Gasteiger partial charge in [0.1, 0.15) is 0 Å². The zero-order chi connectivity index (χ0) is 13.0. The van der Waals surface area contributed by atoms with Gasteiger partial charge in [0.15, 0.2) is 5.78 Å². The van der Waals surface area contributed by atoms with Gasteiger partial charge < -0.3 is 4.74 Å². The summed E-state index contributed by atoms with van der Waals surface area (Å²) in [6, 6.07) is 3.95. The van der Waals surface area contributed by atoms with Crippen molar-refractivity contribution in [1.29, 1.82) is 0 Å². The molecule has 0 spiro atoms. The van der Waals surface area contributed by atoms with Crippen LogP contribution < -0.4 is 0 Å². The Kier molecular flexibility index (Phi) is 4.92. The fourth-order valence-electron chi connectivity index (χ4n) is 2.34. The second-order valence-corrected chi connectivity index (χ2v) is 6.37. The lowest BCUT2D eigenvalue weighted by molar-refractivity contribution is 0.0550. The second kappa shape index (κ2) is 6.45. The molecule has 1 aromatic heterocycles. The smallest absolute Gasteiger partial charge is 0.186 e. The van der Waals surface area contributed by atoms with E-state index in [1.165, 1.54) is 4.88 Å². The van der Waals surface area contributed by atoms with Gasteiger partial charge in [-0.05, 0) is 44.9 Å². The summed E-state index contributed by atoms with van der Waals surface area (Å²) in [6.45, 7) is 5.30. The summed E-state index contributed by atoms with van der Waals surface area (Å²) in [5.41, 5.74) is 0. The molecule has 1 aliphatic rings. The van der Waals surface area contributed by atoms with Crippen molar-refractivity contribution in [3.63, 3.8) is 0 Å². The van der Waals surface area contributed by atoms with Crippen molar-refractivity contribution >= 4 is 17.1 Å². The van der Waals surface area contributed by atoms with Crippen LogP contribution in [0, 0.1) is 12.8 Å². The van der Waals surface area contributed by atoms with Gasteiger partial charge >= 0.3 is 0 Å². The number of aryl methyl sites for hydroxylation is 1. The standard InChI is InChI=1S/C14H21NO2S/c1-11-3-4-14(18-11)13(16)10-15(2)9-12-5-7-17-8-6-12/h3-4,12H,5-10H2,1-2H3. The molecule has 0 aromatic carbocycles. The summed E-state index contributed by atoms with van der Waals surface area (Å²) in [5, 5.41) is 0. The van der Waals surface area contributed by atoms with Gasteiger partial charge in [0.05, 0.1) is 11.4 Å². The Balaban J connectivity index is 1.79. The first-order valence-electron chi connectivity index (χ1n) is 6.51. The largest absolute Gasteiger partial charge is 0.381 e. The van der Waals surface area contributed by atoms with E-state index in [-0.39, 0.29) is 5.78 Å². The Morgan fingerprint density at radius 3 is 2.78 bits per heavy atom. The lowest BCUT2D eigenvalue weighted by Gasteiger charge is -2.26. The number of ketones is 1. The van der Waals surface area contributed by atoms with Crippen LogP contribution in [0.2, 0.25) is 0 Å². The van der Waals surface area contributed by atoms with Crippen molar-refractivity contribution in [2.24, 2.45) is 5.92 Å². The van der Waals surface area contributed by atoms with Gasteiger partial charge in [0.2, 0.25) is 0 Å². The van der Waals surface area contributed by atoms with Gasteiger partial charge in [-0.25, -0.2) is 0 Å². The van der Waals surface area contributed by atoms with Gasteiger partial charge in [0.25, 0.3) is 0 Å². The van der Waals surface area contributed by atoms with Gasteiger partial charge in [-0.15, -0.1) is 11.3 Å². The Bertz CT molecular complexity index is 396. The third-order valence-corrected chi connectivity index (χ3v) is 4.38. The summed E-state index contributed by atoms with van der Waals surface area (Å²) in [5.74, 6) is 0.921. The third-order valence-electron chi connectivity index (χ3n) is 3.34. The highest BCUT2D eigenvalue weighted by atomic mass is 32.1. The zero-order valence-electron chi connectivity index (χ0n) is 11.1. The first-order chi connectivity index (χ1) is 8.65. The van der Waals surface area contributed by atoms with Crippen molar-refractivity contribution in [1.82, 2.24) is 4.90 Å². The highest BCUT2D eigenvalue weighted by molar-refractivity contribution is 7.14. The van der Waals surface area contributed by atoms with Crippen LogP contribution >= 0.6 is 11.3 Å². The predicted octanol–water partition coefficient (Wildman–Crippen LogP) is 2.60. The normalized spacial score (nSPS) is 17.3. The van der Waals surface area contributed by atoms with E-state index in [1.54, 1.807) is 11.3 Å². The average Bonchev–Trinajstić information content (AvgIpc) is 2.77. The second-order valence-electron chi connectivity index (χ2n) is 5.09. The van der Waals surface area contributed by atoms with E-state index in [0.29, 0.717) is 12.5 Å². The molecule has 0 radical (unpaired) electrons. The third kappa shape index (κ3) is 3.90. The predicted molar refractivity (Wildman–Crippen MR) is 74.4 cm³/mol. The molecule has 0 atom stereocenters. The fourth-order valence-corrected chi connectivity index (χ4v) is 3.14. The molecular formula is C14H21NO2S. The van der Waals surface area contributed by atoms with Crippen molar-refractivity contribution in [3.05, 3.63) is 21.9 Å². The highest BCUT2D eigenvalue weighted by Crippen LogP contribution is 2.18. The van der Waals surface area contributed by atoms with Crippen molar-refractivity contribution in [3.8, 4) is 0 Å². The maximum Gasteiger partial charge on any atom is 0.186 e. The van der Waals surface area contributed by atoms with Crippen LogP contribution in [0.15, 0.2) is 12.1 Å². The Morgan fingerprint density at radius 2 is 2.17 bits per heavy atom. The van der Waals surface area contributed by atoms with E-state index in [2.05, 4.69) is 4.90 Å². The van der Waals surface area contributed by atoms with E-state index in [4.69, 9.17) is 4.74 Å². The van der Waals surface area contributed by atoms with Crippen molar-refractivity contribution in [2.45, 2.75) is 19.8 Å². The monoisotopic (exact) mass is 267 g/mol. The van der Waals surface area contributed by atoms with E-state index < -0.39 is 0 Å². The molecule has 0 unspecified atom stereocenters.